The molecule has 0 aliphatic rings. The van der Waals surface area contributed by atoms with Gasteiger partial charge < -0.3 is 14.6 Å². The van der Waals surface area contributed by atoms with E-state index in [4.69, 9.17) is 9.47 Å². The minimum atomic E-state index is -0.793. The molecule has 0 fully saturated rings. The quantitative estimate of drug-likeness (QED) is 0.0300. The van der Waals surface area contributed by atoms with Crippen molar-refractivity contribution in [3.05, 3.63) is 24.3 Å². The van der Waals surface area contributed by atoms with Gasteiger partial charge in [-0.05, 0) is 38.2 Å². The van der Waals surface area contributed by atoms with E-state index in [0.29, 0.717) is 19.3 Å². The van der Waals surface area contributed by atoms with Crippen LogP contribution in [0.15, 0.2) is 24.3 Å². The Morgan fingerprint density at radius 3 is 1.41 bits per heavy atom. The molecule has 0 aliphatic carbocycles. The van der Waals surface area contributed by atoms with Crippen LogP contribution in [0.2, 0.25) is 0 Å². The number of ether oxygens (including phenoxy) is 2. The smallest absolute Gasteiger partial charge is 0.306 e. The largest absolute Gasteiger partial charge is 0.462 e. The van der Waals surface area contributed by atoms with Gasteiger partial charge in [0.1, 0.15) is 6.61 Å². The van der Waals surface area contributed by atoms with Crippen molar-refractivity contribution in [3.63, 3.8) is 0 Å². The van der Waals surface area contributed by atoms with Crippen molar-refractivity contribution in [1.82, 2.24) is 0 Å². The highest BCUT2D eigenvalue weighted by Crippen LogP contribution is 2.15. The Kier molecular flexibility index (Phi) is 37.3. The van der Waals surface area contributed by atoms with Crippen molar-refractivity contribution in [3.8, 4) is 0 Å². The van der Waals surface area contributed by atoms with Crippen molar-refractivity contribution in [2.24, 2.45) is 0 Å². The number of carbonyl (C=O) groups excluding carboxylic acids is 3. The number of aliphatic hydroxyl groups is 1. The third-order valence-electron chi connectivity index (χ3n) is 9.22. The van der Waals surface area contributed by atoms with Crippen LogP contribution in [0.3, 0.4) is 0 Å². The van der Waals surface area contributed by atoms with E-state index >= 15 is 0 Å². The Balaban J connectivity index is 3.57. The fraction of sp³-hybridized carbons (Fsp3) is 0.837. The van der Waals surface area contributed by atoms with Crippen LogP contribution in [0.25, 0.3) is 0 Å². The van der Waals surface area contributed by atoms with Gasteiger partial charge in [-0.2, -0.15) is 0 Å². The molecular formula is C43H78O6. The number of carbonyl (C=O) groups is 3. The van der Waals surface area contributed by atoms with E-state index in [1.54, 1.807) is 6.08 Å². The highest BCUT2D eigenvalue weighted by molar-refractivity contribution is 5.89. The Labute approximate surface area is 302 Å². The molecule has 0 spiro atoms. The average Bonchev–Trinajstić information content (AvgIpc) is 3.10. The molecule has 0 aromatic carbocycles. The van der Waals surface area contributed by atoms with Gasteiger partial charge in [0.25, 0.3) is 0 Å². The zero-order valence-corrected chi connectivity index (χ0v) is 32.2. The number of hydrogen-bond acceptors (Lipinski definition) is 6. The maximum absolute atomic E-state index is 12.2. The molecule has 0 amide bonds. The SMILES string of the molecule is CCCCCCCCCCCCCCCCCCCCCC(=O)O[C@@H](CO)COC(=O)CCCCCCC/C=C\C=C\C(=O)CCCCC. The molecular weight excluding hydrogens is 612 g/mol. The van der Waals surface area contributed by atoms with E-state index in [9.17, 15) is 19.5 Å². The first-order valence-electron chi connectivity index (χ1n) is 20.8. The third kappa shape index (κ3) is 37.1. The van der Waals surface area contributed by atoms with Crippen molar-refractivity contribution in [1.29, 1.82) is 0 Å². The molecule has 0 saturated heterocycles. The highest BCUT2D eigenvalue weighted by Gasteiger charge is 2.16. The molecule has 0 heterocycles. The molecule has 49 heavy (non-hydrogen) atoms. The van der Waals surface area contributed by atoms with Gasteiger partial charge in [-0.25, -0.2) is 0 Å². The van der Waals surface area contributed by atoms with Crippen molar-refractivity contribution in [2.75, 3.05) is 13.2 Å². The Hall–Kier alpha value is -1.95. The molecule has 286 valence electrons. The first-order valence-corrected chi connectivity index (χ1v) is 20.8. The summed E-state index contributed by atoms with van der Waals surface area (Å²) in [5, 5.41) is 9.56. The van der Waals surface area contributed by atoms with Gasteiger partial charge in [0.05, 0.1) is 6.61 Å². The molecule has 0 aromatic heterocycles. The summed E-state index contributed by atoms with van der Waals surface area (Å²) in [5.41, 5.74) is 0. The fourth-order valence-electron chi connectivity index (χ4n) is 6.01. The maximum atomic E-state index is 12.2. The molecule has 0 unspecified atom stereocenters. The summed E-state index contributed by atoms with van der Waals surface area (Å²) in [7, 11) is 0. The number of ketones is 1. The summed E-state index contributed by atoms with van der Waals surface area (Å²) in [6, 6.07) is 0. The van der Waals surface area contributed by atoms with Crippen molar-refractivity contribution >= 4 is 17.7 Å². The topological polar surface area (TPSA) is 89.9 Å². The summed E-state index contributed by atoms with van der Waals surface area (Å²) < 4.78 is 10.6. The molecule has 1 atom stereocenters. The van der Waals surface area contributed by atoms with Gasteiger partial charge >= 0.3 is 11.9 Å². The van der Waals surface area contributed by atoms with E-state index in [1.807, 2.05) is 12.2 Å². The molecule has 0 radical (unpaired) electrons. The second kappa shape index (κ2) is 38.8. The molecule has 0 saturated carbocycles. The lowest BCUT2D eigenvalue weighted by molar-refractivity contribution is -0.161. The van der Waals surface area contributed by atoms with Crippen LogP contribution in [-0.4, -0.2) is 42.1 Å². The number of allylic oxidation sites excluding steroid dienone is 4. The number of unbranched alkanes of at least 4 members (excludes halogenated alkanes) is 25. The Morgan fingerprint density at radius 2 is 0.918 bits per heavy atom. The lowest BCUT2D eigenvalue weighted by Crippen LogP contribution is -2.28. The minimum Gasteiger partial charge on any atom is -0.462 e. The van der Waals surface area contributed by atoms with Crippen LogP contribution < -0.4 is 0 Å². The van der Waals surface area contributed by atoms with Crippen LogP contribution in [0.1, 0.15) is 213 Å². The lowest BCUT2D eigenvalue weighted by Gasteiger charge is -2.15. The third-order valence-corrected chi connectivity index (χ3v) is 9.22. The lowest BCUT2D eigenvalue weighted by atomic mass is 10.0. The van der Waals surface area contributed by atoms with Crippen LogP contribution in [0, 0.1) is 0 Å². The average molecular weight is 691 g/mol. The first-order chi connectivity index (χ1) is 24.0. The maximum Gasteiger partial charge on any atom is 0.306 e. The first kappa shape index (κ1) is 47.0. The summed E-state index contributed by atoms with van der Waals surface area (Å²) >= 11 is 0. The van der Waals surface area contributed by atoms with E-state index in [1.165, 1.54) is 103 Å². The van der Waals surface area contributed by atoms with Gasteiger partial charge in [0.2, 0.25) is 0 Å². The standard InChI is InChI=1S/C43H78O6/c1-3-5-7-8-9-10-11-12-13-14-15-16-17-18-19-22-26-29-33-37-43(47)49-41(38-44)39-48-42(46)36-32-28-25-23-20-21-24-27-31-35-40(45)34-30-6-4-2/h24,27,31,35,41,44H,3-23,25-26,28-30,32-34,36-39H2,1-2H3/b27-24-,35-31+/t41-/m0/s1. The van der Waals surface area contributed by atoms with Crippen LogP contribution in [-0.2, 0) is 23.9 Å². The number of rotatable bonds is 38. The van der Waals surface area contributed by atoms with Gasteiger partial charge in [0.15, 0.2) is 11.9 Å². The molecule has 6 heteroatoms. The van der Waals surface area contributed by atoms with E-state index in [-0.39, 0.29) is 30.9 Å². The van der Waals surface area contributed by atoms with Crippen LogP contribution in [0.5, 0.6) is 0 Å². The minimum absolute atomic E-state index is 0.0919. The zero-order valence-electron chi connectivity index (χ0n) is 32.2. The summed E-state index contributed by atoms with van der Waals surface area (Å²) in [6.07, 6.45) is 42.2. The van der Waals surface area contributed by atoms with Crippen LogP contribution in [0.4, 0.5) is 0 Å². The molecule has 0 rings (SSSR count). The zero-order chi connectivity index (χ0) is 35.9. The van der Waals surface area contributed by atoms with Gasteiger partial charge in [-0.3, -0.25) is 14.4 Å². The summed E-state index contributed by atoms with van der Waals surface area (Å²) in [5.74, 6) is -0.443. The highest BCUT2D eigenvalue weighted by atomic mass is 16.6. The van der Waals surface area contributed by atoms with E-state index in [0.717, 1.165) is 77.0 Å². The number of hydrogen-bond donors (Lipinski definition) is 1. The van der Waals surface area contributed by atoms with Crippen molar-refractivity contribution in [2.45, 2.75) is 219 Å². The number of aliphatic hydroxyl groups excluding tert-OH is 1. The second-order valence-corrected chi connectivity index (χ2v) is 14.1. The molecule has 0 aromatic rings. The normalized spacial score (nSPS) is 12.2. The molecule has 1 N–H and O–H groups in total. The summed E-state index contributed by atoms with van der Waals surface area (Å²) in [6.45, 7) is 3.97. The van der Waals surface area contributed by atoms with Gasteiger partial charge in [-0.1, -0.05) is 180 Å². The molecule has 6 nitrogen and oxygen atoms in total. The summed E-state index contributed by atoms with van der Waals surface area (Å²) in [4.78, 5) is 36.0. The van der Waals surface area contributed by atoms with E-state index < -0.39 is 6.10 Å². The predicted octanol–water partition coefficient (Wildman–Crippen LogP) is 12.2. The second-order valence-electron chi connectivity index (χ2n) is 14.1. The predicted molar refractivity (Wildman–Crippen MR) is 206 cm³/mol. The number of esters is 2. The van der Waals surface area contributed by atoms with E-state index in [2.05, 4.69) is 19.9 Å². The Morgan fingerprint density at radius 1 is 0.510 bits per heavy atom. The van der Waals surface area contributed by atoms with Gasteiger partial charge in [0, 0.05) is 19.3 Å². The molecule has 0 bridgehead atoms. The van der Waals surface area contributed by atoms with Crippen LogP contribution >= 0.6 is 0 Å². The van der Waals surface area contributed by atoms with Gasteiger partial charge in [-0.15, -0.1) is 0 Å². The fourth-order valence-corrected chi connectivity index (χ4v) is 6.01. The Bertz CT molecular complexity index is 804. The molecule has 0 aliphatic heterocycles. The monoisotopic (exact) mass is 691 g/mol. The van der Waals surface area contributed by atoms with Crippen molar-refractivity contribution < 1.29 is 29.0 Å².